The summed E-state index contributed by atoms with van der Waals surface area (Å²) in [6.45, 7) is 3.37. The van der Waals surface area contributed by atoms with E-state index in [4.69, 9.17) is 11.6 Å². The molecule has 0 saturated carbocycles. The van der Waals surface area contributed by atoms with E-state index in [1.807, 2.05) is 17.6 Å². The largest absolute Gasteiger partial charge is 0.348 e. The van der Waals surface area contributed by atoms with Crippen LogP contribution < -0.4 is 10.2 Å². The summed E-state index contributed by atoms with van der Waals surface area (Å²) in [4.78, 5) is 26.2. The average molecular weight is 348 g/mol. The van der Waals surface area contributed by atoms with Crippen LogP contribution >= 0.6 is 11.6 Å². The topological polar surface area (TPSA) is 80.1 Å². The molecule has 1 aromatic heterocycles. The van der Waals surface area contributed by atoms with Crippen LogP contribution in [0.25, 0.3) is 0 Å². The van der Waals surface area contributed by atoms with E-state index >= 15 is 0 Å². The number of halogens is 1. The first-order chi connectivity index (χ1) is 11.6. The van der Waals surface area contributed by atoms with Crippen LogP contribution in [0.4, 0.5) is 5.69 Å². The Kier molecular flexibility index (Phi) is 4.80. The molecule has 0 bridgehead atoms. The Balaban J connectivity index is 1.62. The van der Waals surface area contributed by atoms with Crippen molar-refractivity contribution in [2.45, 2.75) is 26.4 Å². The standard InChI is InChI=1S/C16H18ClN5O2/c1-2-21-10-19-20-14(21)8-18-16(24)11-6-15(23)22(9-11)13-5-3-4-12(17)7-13/h3-5,7,10-11H,2,6,8-9H2,1H3,(H,18,24)/t11-/m0/s1. The van der Waals surface area contributed by atoms with E-state index < -0.39 is 0 Å². The van der Waals surface area contributed by atoms with E-state index in [1.165, 1.54) is 0 Å². The minimum absolute atomic E-state index is 0.0749. The average Bonchev–Trinajstić information content (AvgIpc) is 3.18. The van der Waals surface area contributed by atoms with E-state index in [9.17, 15) is 9.59 Å². The second-order valence-corrected chi connectivity index (χ2v) is 6.07. The van der Waals surface area contributed by atoms with Crippen LogP contribution in [0.1, 0.15) is 19.2 Å². The third kappa shape index (κ3) is 3.41. The van der Waals surface area contributed by atoms with Crippen molar-refractivity contribution in [2.24, 2.45) is 5.92 Å². The molecule has 0 spiro atoms. The lowest BCUT2D eigenvalue weighted by molar-refractivity contribution is -0.126. The van der Waals surface area contributed by atoms with E-state index in [-0.39, 0.29) is 24.2 Å². The van der Waals surface area contributed by atoms with Crippen molar-refractivity contribution in [3.63, 3.8) is 0 Å². The molecule has 126 valence electrons. The fraction of sp³-hybridized carbons (Fsp3) is 0.375. The first-order valence-corrected chi connectivity index (χ1v) is 8.16. The van der Waals surface area contributed by atoms with E-state index in [1.54, 1.807) is 29.4 Å². The van der Waals surface area contributed by atoms with Gasteiger partial charge in [-0.05, 0) is 25.1 Å². The normalized spacial score (nSPS) is 17.3. The summed E-state index contributed by atoms with van der Waals surface area (Å²) in [7, 11) is 0. The van der Waals surface area contributed by atoms with Gasteiger partial charge in [-0.3, -0.25) is 9.59 Å². The highest BCUT2D eigenvalue weighted by Gasteiger charge is 2.35. The highest BCUT2D eigenvalue weighted by atomic mass is 35.5. The number of nitrogens with zero attached hydrogens (tertiary/aromatic N) is 4. The third-order valence-corrected chi connectivity index (χ3v) is 4.31. The number of aromatic nitrogens is 3. The fourth-order valence-electron chi connectivity index (χ4n) is 2.77. The van der Waals surface area contributed by atoms with Crippen molar-refractivity contribution in [1.29, 1.82) is 0 Å². The smallest absolute Gasteiger partial charge is 0.227 e. The lowest BCUT2D eigenvalue weighted by Gasteiger charge is -2.17. The van der Waals surface area contributed by atoms with Gasteiger partial charge in [-0.25, -0.2) is 0 Å². The van der Waals surface area contributed by atoms with Crippen LogP contribution in [0.3, 0.4) is 0 Å². The Morgan fingerprint density at radius 1 is 1.46 bits per heavy atom. The van der Waals surface area contributed by atoms with Gasteiger partial charge in [0.1, 0.15) is 6.33 Å². The first kappa shape index (κ1) is 16.4. The zero-order valence-electron chi connectivity index (χ0n) is 13.3. The van der Waals surface area contributed by atoms with Crippen LogP contribution in [-0.4, -0.2) is 33.1 Å². The van der Waals surface area contributed by atoms with E-state index in [0.717, 1.165) is 6.54 Å². The molecular weight excluding hydrogens is 330 g/mol. The van der Waals surface area contributed by atoms with E-state index in [2.05, 4.69) is 15.5 Å². The lowest BCUT2D eigenvalue weighted by atomic mass is 10.1. The number of hydrogen-bond acceptors (Lipinski definition) is 4. The number of carbonyl (C=O) groups is 2. The van der Waals surface area contributed by atoms with Crippen LogP contribution in [0, 0.1) is 5.92 Å². The van der Waals surface area contributed by atoms with Crippen molar-refractivity contribution >= 4 is 29.1 Å². The predicted molar refractivity (Wildman–Crippen MR) is 89.5 cm³/mol. The molecule has 3 rings (SSSR count). The van der Waals surface area contributed by atoms with Crippen molar-refractivity contribution in [1.82, 2.24) is 20.1 Å². The van der Waals surface area contributed by atoms with Gasteiger partial charge in [-0.1, -0.05) is 17.7 Å². The molecule has 0 radical (unpaired) electrons. The molecule has 2 amide bonds. The maximum absolute atomic E-state index is 12.4. The molecule has 8 heteroatoms. The van der Waals surface area contributed by atoms with Gasteiger partial charge in [0, 0.05) is 30.2 Å². The Bertz CT molecular complexity index is 760. The quantitative estimate of drug-likeness (QED) is 0.891. The lowest BCUT2D eigenvalue weighted by Crippen LogP contribution is -2.33. The van der Waals surface area contributed by atoms with Gasteiger partial charge in [0.05, 0.1) is 12.5 Å². The predicted octanol–water partition coefficient (Wildman–Crippen LogP) is 1.62. The molecule has 1 atom stereocenters. The molecule has 24 heavy (non-hydrogen) atoms. The van der Waals surface area contributed by atoms with Crippen molar-refractivity contribution in [3.8, 4) is 0 Å². The molecule has 2 aromatic rings. The highest BCUT2D eigenvalue weighted by molar-refractivity contribution is 6.30. The van der Waals surface area contributed by atoms with Crippen molar-refractivity contribution in [2.75, 3.05) is 11.4 Å². The van der Waals surface area contributed by atoms with Crippen LogP contribution in [-0.2, 0) is 22.7 Å². The second-order valence-electron chi connectivity index (χ2n) is 5.64. The Labute approximate surface area is 144 Å². The number of hydrogen-bond donors (Lipinski definition) is 1. The summed E-state index contributed by atoms with van der Waals surface area (Å²) in [6, 6.07) is 7.08. The summed E-state index contributed by atoms with van der Waals surface area (Å²) in [5, 5.41) is 11.2. The molecule has 1 aromatic carbocycles. The summed E-state index contributed by atoms with van der Waals surface area (Å²) in [6.07, 6.45) is 1.82. The van der Waals surface area contributed by atoms with Crippen LogP contribution in [0.15, 0.2) is 30.6 Å². The van der Waals surface area contributed by atoms with Gasteiger partial charge < -0.3 is 14.8 Å². The van der Waals surface area contributed by atoms with Crippen molar-refractivity contribution < 1.29 is 9.59 Å². The first-order valence-electron chi connectivity index (χ1n) is 7.78. The molecule has 1 N–H and O–H groups in total. The second kappa shape index (κ2) is 7.00. The van der Waals surface area contributed by atoms with Gasteiger partial charge >= 0.3 is 0 Å². The number of carbonyl (C=O) groups excluding carboxylic acids is 2. The molecule has 0 unspecified atom stereocenters. The zero-order valence-corrected chi connectivity index (χ0v) is 14.0. The summed E-state index contributed by atoms with van der Waals surface area (Å²) in [5.74, 6) is 0.0871. The van der Waals surface area contributed by atoms with Gasteiger partial charge in [0.15, 0.2) is 5.82 Å². The molecule has 1 aliphatic rings. The minimum Gasteiger partial charge on any atom is -0.348 e. The SMILES string of the molecule is CCn1cnnc1CNC(=O)[C@H]1CC(=O)N(c2cccc(Cl)c2)C1. The number of anilines is 1. The third-order valence-electron chi connectivity index (χ3n) is 4.07. The van der Waals surface area contributed by atoms with Crippen LogP contribution in [0.5, 0.6) is 0 Å². The van der Waals surface area contributed by atoms with Gasteiger partial charge in [0.25, 0.3) is 0 Å². The fourth-order valence-corrected chi connectivity index (χ4v) is 2.95. The molecule has 1 saturated heterocycles. The Hall–Kier alpha value is -2.41. The summed E-state index contributed by atoms with van der Waals surface area (Å²) < 4.78 is 1.86. The Morgan fingerprint density at radius 3 is 3.04 bits per heavy atom. The molecule has 1 fully saturated rings. The summed E-state index contributed by atoms with van der Waals surface area (Å²) in [5.41, 5.74) is 0.716. The van der Waals surface area contributed by atoms with E-state index in [0.29, 0.717) is 29.6 Å². The summed E-state index contributed by atoms with van der Waals surface area (Å²) >= 11 is 5.97. The minimum atomic E-state index is -0.380. The molecule has 1 aliphatic heterocycles. The zero-order chi connectivity index (χ0) is 17.1. The number of aryl methyl sites for hydroxylation is 1. The molecule has 0 aliphatic carbocycles. The molecular formula is C16H18ClN5O2. The monoisotopic (exact) mass is 347 g/mol. The van der Waals surface area contributed by atoms with Crippen LogP contribution in [0.2, 0.25) is 5.02 Å². The molecule has 2 heterocycles. The van der Waals surface area contributed by atoms with Gasteiger partial charge in [-0.15, -0.1) is 10.2 Å². The van der Waals surface area contributed by atoms with Gasteiger partial charge in [0.2, 0.25) is 11.8 Å². The molecule has 7 nitrogen and oxygen atoms in total. The van der Waals surface area contributed by atoms with Crippen molar-refractivity contribution in [3.05, 3.63) is 41.4 Å². The Morgan fingerprint density at radius 2 is 2.29 bits per heavy atom. The number of benzene rings is 1. The maximum atomic E-state index is 12.4. The maximum Gasteiger partial charge on any atom is 0.227 e. The van der Waals surface area contributed by atoms with Gasteiger partial charge in [-0.2, -0.15) is 0 Å². The number of nitrogens with one attached hydrogen (secondary N) is 1. The number of amides is 2. The number of rotatable bonds is 5. The highest BCUT2D eigenvalue weighted by Crippen LogP contribution is 2.27.